The fourth-order valence-corrected chi connectivity index (χ4v) is 1.62. The minimum atomic E-state index is -0.319. The zero-order valence-corrected chi connectivity index (χ0v) is 12.2. The van der Waals surface area contributed by atoms with Gasteiger partial charge in [-0.15, -0.1) is 0 Å². The molecule has 0 amide bonds. The number of aliphatic hydroxyl groups excluding tert-OH is 1. The molecule has 0 saturated heterocycles. The monoisotopic (exact) mass is 279 g/mol. The maximum atomic E-state index is 9.54. The zero-order valence-electron chi connectivity index (χ0n) is 12.2. The zero-order chi connectivity index (χ0) is 14.4. The lowest BCUT2D eigenvalue weighted by atomic mass is 9.82. The molecule has 116 valence electrons. The molecule has 3 N–H and O–H groups in total. The number of ether oxygens (including phenoxy) is 4. The van der Waals surface area contributed by atoms with Crippen molar-refractivity contribution in [2.24, 2.45) is 11.1 Å². The molecule has 0 heterocycles. The van der Waals surface area contributed by atoms with Gasteiger partial charge in [-0.05, 0) is 12.8 Å². The number of hydrogen-bond acceptors (Lipinski definition) is 6. The lowest BCUT2D eigenvalue weighted by Crippen LogP contribution is -2.37. The number of aliphatic hydroxyl groups is 1. The molecule has 0 saturated carbocycles. The number of methoxy groups -OCH3 is 2. The molecule has 0 aliphatic heterocycles. The molecule has 0 fully saturated rings. The molecule has 0 radical (unpaired) electrons. The summed E-state index contributed by atoms with van der Waals surface area (Å²) in [6.07, 6.45) is 1.44. The summed E-state index contributed by atoms with van der Waals surface area (Å²) in [5, 5.41) is 9.54. The SMILES string of the molecule is COCCOCCC(CN)(CO)CCOCCOC. The van der Waals surface area contributed by atoms with Gasteiger partial charge in [0.05, 0.1) is 33.0 Å². The van der Waals surface area contributed by atoms with Gasteiger partial charge in [0, 0.05) is 39.4 Å². The van der Waals surface area contributed by atoms with Crippen molar-refractivity contribution in [2.45, 2.75) is 12.8 Å². The highest BCUT2D eigenvalue weighted by Gasteiger charge is 2.27. The lowest BCUT2D eigenvalue weighted by molar-refractivity contribution is 0.00945. The molecule has 0 rings (SSSR count). The van der Waals surface area contributed by atoms with Crippen LogP contribution in [0.3, 0.4) is 0 Å². The van der Waals surface area contributed by atoms with Gasteiger partial charge in [0.15, 0.2) is 0 Å². The first-order valence-electron chi connectivity index (χ1n) is 6.69. The van der Waals surface area contributed by atoms with Gasteiger partial charge in [-0.2, -0.15) is 0 Å². The highest BCUT2D eigenvalue weighted by atomic mass is 16.5. The predicted molar refractivity (Wildman–Crippen MR) is 73.2 cm³/mol. The summed E-state index contributed by atoms with van der Waals surface area (Å²) in [4.78, 5) is 0. The summed E-state index contributed by atoms with van der Waals surface area (Å²) < 4.78 is 20.6. The molecule has 0 aliphatic carbocycles. The van der Waals surface area contributed by atoms with E-state index in [4.69, 9.17) is 24.7 Å². The van der Waals surface area contributed by atoms with Gasteiger partial charge in [-0.3, -0.25) is 0 Å². The highest BCUT2D eigenvalue weighted by molar-refractivity contribution is 4.79. The molecule has 0 aromatic carbocycles. The van der Waals surface area contributed by atoms with Gasteiger partial charge in [0.1, 0.15) is 0 Å². The average molecular weight is 279 g/mol. The second-order valence-corrected chi connectivity index (χ2v) is 4.57. The van der Waals surface area contributed by atoms with Gasteiger partial charge in [0.25, 0.3) is 0 Å². The Labute approximate surface area is 116 Å². The Balaban J connectivity index is 3.83. The van der Waals surface area contributed by atoms with Crippen LogP contribution in [0.2, 0.25) is 0 Å². The van der Waals surface area contributed by atoms with Crippen LogP contribution in [-0.4, -0.2) is 72.1 Å². The van der Waals surface area contributed by atoms with Crippen molar-refractivity contribution in [3.8, 4) is 0 Å². The normalized spacial score (nSPS) is 12.0. The van der Waals surface area contributed by atoms with Crippen molar-refractivity contribution in [3.63, 3.8) is 0 Å². The molecule has 6 nitrogen and oxygen atoms in total. The van der Waals surface area contributed by atoms with Crippen LogP contribution in [-0.2, 0) is 18.9 Å². The molecule has 0 bridgehead atoms. The first-order chi connectivity index (χ1) is 9.24. The fourth-order valence-electron chi connectivity index (χ4n) is 1.62. The minimum Gasteiger partial charge on any atom is -0.396 e. The Morgan fingerprint density at radius 1 is 0.842 bits per heavy atom. The van der Waals surface area contributed by atoms with Gasteiger partial charge in [-0.1, -0.05) is 0 Å². The molecule has 6 heteroatoms. The van der Waals surface area contributed by atoms with E-state index in [1.807, 2.05) is 0 Å². The van der Waals surface area contributed by atoms with E-state index in [0.717, 1.165) is 12.8 Å². The molecule has 0 aromatic rings. The van der Waals surface area contributed by atoms with Gasteiger partial charge >= 0.3 is 0 Å². The van der Waals surface area contributed by atoms with Crippen LogP contribution < -0.4 is 5.73 Å². The van der Waals surface area contributed by atoms with Crippen molar-refractivity contribution in [1.29, 1.82) is 0 Å². The van der Waals surface area contributed by atoms with Crippen LogP contribution in [0, 0.1) is 5.41 Å². The van der Waals surface area contributed by atoms with Crippen LogP contribution in [0.25, 0.3) is 0 Å². The molecular weight excluding hydrogens is 250 g/mol. The smallest absolute Gasteiger partial charge is 0.0700 e. The van der Waals surface area contributed by atoms with E-state index in [0.29, 0.717) is 46.2 Å². The quantitative estimate of drug-likeness (QED) is 0.437. The van der Waals surface area contributed by atoms with Crippen LogP contribution in [0.4, 0.5) is 0 Å². The molecule has 19 heavy (non-hydrogen) atoms. The first kappa shape index (κ1) is 18.8. The van der Waals surface area contributed by atoms with Crippen molar-refractivity contribution in [2.75, 3.05) is 67.0 Å². The van der Waals surface area contributed by atoms with Crippen molar-refractivity contribution in [3.05, 3.63) is 0 Å². The van der Waals surface area contributed by atoms with Crippen LogP contribution in [0.5, 0.6) is 0 Å². The van der Waals surface area contributed by atoms with Gasteiger partial charge in [-0.25, -0.2) is 0 Å². The summed E-state index contributed by atoms with van der Waals surface area (Å²) in [5.74, 6) is 0. The summed E-state index contributed by atoms with van der Waals surface area (Å²) >= 11 is 0. The van der Waals surface area contributed by atoms with E-state index in [1.165, 1.54) is 0 Å². The standard InChI is InChI=1S/C13H29NO5/c1-16-7-9-18-5-3-13(11-14,12-15)4-6-19-10-8-17-2/h15H,3-12,14H2,1-2H3. The fraction of sp³-hybridized carbons (Fsp3) is 1.00. The third-order valence-electron chi connectivity index (χ3n) is 3.19. The van der Waals surface area contributed by atoms with E-state index in [9.17, 15) is 5.11 Å². The third-order valence-corrected chi connectivity index (χ3v) is 3.19. The minimum absolute atomic E-state index is 0.0464. The first-order valence-corrected chi connectivity index (χ1v) is 6.69. The maximum Gasteiger partial charge on any atom is 0.0700 e. The maximum absolute atomic E-state index is 9.54. The molecule has 0 aromatic heterocycles. The average Bonchev–Trinajstić information content (AvgIpc) is 2.45. The number of hydrogen-bond donors (Lipinski definition) is 2. The van der Waals surface area contributed by atoms with Crippen molar-refractivity contribution < 1.29 is 24.1 Å². The predicted octanol–water partition coefficient (Wildman–Crippen LogP) is 0.0300. The largest absolute Gasteiger partial charge is 0.396 e. The Hall–Kier alpha value is -0.240. The van der Waals surface area contributed by atoms with Crippen LogP contribution in [0.1, 0.15) is 12.8 Å². The van der Waals surface area contributed by atoms with E-state index in [2.05, 4.69) is 0 Å². The summed E-state index contributed by atoms with van der Waals surface area (Å²) in [5.41, 5.74) is 5.46. The Morgan fingerprint density at radius 2 is 1.32 bits per heavy atom. The van der Waals surface area contributed by atoms with E-state index < -0.39 is 0 Å². The summed E-state index contributed by atoms with van der Waals surface area (Å²) in [6.45, 7) is 3.89. The third kappa shape index (κ3) is 9.32. The second-order valence-electron chi connectivity index (χ2n) is 4.57. The van der Waals surface area contributed by atoms with Gasteiger partial charge < -0.3 is 29.8 Å². The Bertz CT molecular complexity index is 172. The molecule has 0 aliphatic rings. The van der Waals surface area contributed by atoms with Crippen LogP contribution in [0.15, 0.2) is 0 Å². The molecule has 0 spiro atoms. The lowest BCUT2D eigenvalue weighted by Gasteiger charge is -2.30. The highest BCUT2D eigenvalue weighted by Crippen LogP contribution is 2.24. The van der Waals surface area contributed by atoms with Crippen molar-refractivity contribution in [1.82, 2.24) is 0 Å². The molecule has 0 atom stereocenters. The summed E-state index contributed by atoms with van der Waals surface area (Å²) in [6, 6.07) is 0. The molecular formula is C13H29NO5. The van der Waals surface area contributed by atoms with E-state index in [1.54, 1.807) is 14.2 Å². The van der Waals surface area contributed by atoms with Crippen LogP contribution >= 0.6 is 0 Å². The summed E-state index contributed by atoms with van der Waals surface area (Å²) in [7, 11) is 3.28. The number of rotatable bonds is 14. The number of nitrogens with two attached hydrogens (primary N) is 1. The van der Waals surface area contributed by atoms with E-state index in [-0.39, 0.29) is 12.0 Å². The Kier molecular flexibility index (Phi) is 12.6. The molecule has 0 unspecified atom stereocenters. The van der Waals surface area contributed by atoms with Gasteiger partial charge in [0.2, 0.25) is 0 Å². The van der Waals surface area contributed by atoms with E-state index >= 15 is 0 Å². The topological polar surface area (TPSA) is 83.2 Å². The second kappa shape index (κ2) is 12.8. The Morgan fingerprint density at radius 3 is 1.63 bits per heavy atom. The van der Waals surface area contributed by atoms with Crippen molar-refractivity contribution >= 4 is 0 Å².